The molecule has 2 aliphatic carbocycles. The second-order valence-electron chi connectivity index (χ2n) is 2.01. The molecule has 16 heavy (non-hydrogen) atoms. The predicted octanol–water partition coefficient (Wildman–Crippen LogP) is -9.38. The van der Waals surface area contributed by atoms with Gasteiger partial charge in [-0.15, -0.1) is 12.8 Å². The summed E-state index contributed by atoms with van der Waals surface area (Å²) < 4.78 is 0. The van der Waals surface area contributed by atoms with Crippen LogP contribution < -0.4 is 49.6 Å². The zero-order valence-corrected chi connectivity index (χ0v) is 15.7. The van der Waals surface area contributed by atoms with Crippen LogP contribution in [0.4, 0.5) is 0 Å². The van der Waals surface area contributed by atoms with Crippen LogP contribution >= 0.6 is 0 Å². The Morgan fingerprint density at radius 1 is 0.625 bits per heavy atom. The summed E-state index contributed by atoms with van der Waals surface area (Å²) in [6, 6.07) is 0. The van der Waals surface area contributed by atoms with E-state index in [2.05, 4.69) is 24.3 Å². The van der Waals surface area contributed by atoms with Crippen LogP contribution in [0, 0.1) is 12.2 Å². The molecule has 0 amide bonds. The maximum absolute atomic E-state index is 2.99. The Kier molecular flexibility index (Phi) is 67.6. The van der Waals surface area contributed by atoms with Crippen LogP contribution in [0.25, 0.3) is 0 Å². The van der Waals surface area contributed by atoms with Gasteiger partial charge in [-0.3, -0.25) is 12.2 Å². The number of hydrogen-bond acceptors (Lipinski definition) is 0. The summed E-state index contributed by atoms with van der Waals surface area (Å²) in [4.78, 5) is 0. The van der Waals surface area contributed by atoms with Crippen LogP contribution in [0.2, 0.25) is 0 Å². The molecule has 0 saturated heterocycles. The van der Waals surface area contributed by atoms with Crippen molar-refractivity contribution in [2.45, 2.75) is 12.8 Å². The molecule has 2 aliphatic rings. The molecule has 2 rings (SSSR count). The van der Waals surface area contributed by atoms with Crippen LogP contribution in [-0.2, 0) is 44.8 Å². The molecule has 0 saturated carbocycles. The summed E-state index contributed by atoms with van der Waals surface area (Å²) in [5.41, 5.74) is 0. The third kappa shape index (κ3) is 24.7. The third-order valence-corrected chi connectivity index (χ3v) is 1.17. The first-order valence-corrected chi connectivity index (χ1v) is 3.43. The van der Waals surface area contributed by atoms with Gasteiger partial charge >= 0.3 is 44.8 Å². The molecular formula is C10H10Cl4Nb2. The van der Waals surface area contributed by atoms with Gasteiger partial charge in [-0.05, 0) is 0 Å². The maximum atomic E-state index is 2.99. The molecule has 0 N–H and O–H groups in total. The molecule has 0 aromatic heterocycles. The number of allylic oxidation sites excluding steroid dienone is 8. The first-order valence-electron chi connectivity index (χ1n) is 3.43. The minimum Gasteiger partial charge on any atom is -1.00 e. The smallest absolute Gasteiger partial charge is 1.00 e. The van der Waals surface area contributed by atoms with Crippen LogP contribution in [0.3, 0.4) is 0 Å². The summed E-state index contributed by atoms with van der Waals surface area (Å²) in [5.74, 6) is 0. The summed E-state index contributed by atoms with van der Waals surface area (Å²) in [7, 11) is 0. The van der Waals surface area contributed by atoms with Crippen LogP contribution in [0.5, 0.6) is 0 Å². The van der Waals surface area contributed by atoms with Crippen LogP contribution in [-0.4, -0.2) is 0 Å². The molecular weight excluding hydrogens is 448 g/mol. The van der Waals surface area contributed by atoms with Crippen molar-refractivity contribution in [2.24, 2.45) is 0 Å². The van der Waals surface area contributed by atoms with Crippen molar-refractivity contribution in [3.8, 4) is 0 Å². The molecule has 0 aromatic carbocycles. The van der Waals surface area contributed by atoms with Gasteiger partial charge in [0.05, 0.1) is 0 Å². The Hall–Kier alpha value is 1.60. The van der Waals surface area contributed by atoms with E-state index < -0.39 is 0 Å². The van der Waals surface area contributed by atoms with Gasteiger partial charge in [-0.25, -0.2) is 24.3 Å². The molecule has 0 bridgehead atoms. The normalized spacial score (nSPS) is 11.0. The minimum atomic E-state index is 0. The van der Waals surface area contributed by atoms with Crippen molar-refractivity contribution in [1.82, 2.24) is 0 Å². The monoisotopic (exact) mass is 456 g/mol. The van der Waals surface area contributed by atoms with Crippen molar-refractivity contribution in [3.05, 3.63) is 48.6 Å². The van der Waals surface area contributed by atoms with Gasteiger partial charge in [-0.2, -0.15) is 12.2 Å². The van der Waals surface area contributed by atoms with E-state index in [1.54, 1.807) is 0 Å². The summed E-state index contributed by atoms with van der Waals surface area (Å²) in [6.07, 6.45) is 20.0. The van der Waals surface area contributed by atoms with Crippen molar-refractivity contribution >= 4 is 0 Å². The summed E-state index contributed by atoms with van der Waals surface area (Å²) >= 11 is 0. The largest absolute Gasteiger partial charge is 3.00 e. The fourth-order valence-corrected chi connectivity index (χ4v) is 0.680. The van der Waals surface area contributed by atoms with Gasteiger partial charge in [0.1, 0.15) is 0 Å². The first kappa shape index (κ1) is 36.0. The average Bonchev–Trinajstić information content (AvgIpc) is 2.67. The van der Waals surface area contributed by atoms with E-state index in [4.69, 9.17) is 0 Å². The van der Waals surface area contributed by atoms with Gasteiger partial charge in [0.2, 0.25) is 0 Å². The third-order valence-electron chi connectivity index (χ3n) is 1.17. The fourth-order valence-electron chi connectivity index (χ4n) is 0.680. The first-order chi connectivity index (χ1) is 5.00. The molecule has 0 spiro atoms. The van der Waals surface area contributed by atoms with E-state index in [9.17, 15) is 0 Å². The molecule has 0 unspecified atom stereocenters. The summed E-state index contributed by atoms with van der Waals surface area (Å²) in [6.45, 7) is 0. The SMILES string of the molecule is [C-]1=CC=CC1.[C-]1=CC=CC1.[Cl-].[Cl-].[Cl-].[Cl-].[Nb+3].[Nb+3]. The van der Waals surface area contributed by atoms with Crippen molar-refractivity contribution < 1.29 is 94.4 Å². The van der Waals surface area contributed by atoms with E-state index in [0.29, 0.717) is 0 Å². The predicted molar refractivity (Wildman–Crippen MR) is 43.1 cm³/mol. The number of hydrogen-bond donors (Lipinski definition) is 0. The van der Waals surface area contributed by atoms with Crippen molar-refractivity contribution in [1.29, 1.82) is 0 Å². The number of halogens is 4. The Balaban J connectivity index is -0.0000000227. The Bertz CT molecular complexity index is 159. The van der Waals surface area contributed by atoms with E-state index in [0.717, 1.165) is 12.8 Å². The van der Waals surface area contributed by atoms with Gasteiger partial charge in [0.15, 0.2) is 0 Å². The minimum absolute atomic E-state index is 0. The maximum Gasteiger partial charge on any atom is 3.00 e. The summed E-state index contributed by atoms with van der Waals surface area (Å²) in [5, 5.41) is 0. The molecule has 0 nitrogen and oxygen atoms in total. The molecule has 0 fully saturated rings. The Labute approximate surface area is 154 Å². The van der Waals surface area contributed by atoms with Gasteiger partial charge in [-0.1, -0.05) is 0 Å². The quantitative estimate of drug-likeness (QED) is 0.250. The van der Waals surface area contributed by atoms with Crippen LogP contribution in [0.1, 0.15) is 12.8 Å². The van der Waals surface area contributed by atoms with Gasteiger partial charge in [0, 0.05) is 0 Å². The van der Waals surface area contributed by atoms with Gasteiger partial charge in [0.25, 0.3) is 0 Å². The zero-order chi connectivity index (χ0) is 7.07. The standard InChI is InChI=1S/2C5H5.4ClH.2Nb/c2*1-2-4-5-3-1;;;;;;/h2*1-3H,4H2;4*1H;;/q2*-1;;;;;2*+3/p-4. The molecule has 0 aliphatic heterocycles. The average molecular weight is 458 g/mol. The second-order valence-corrected chi connectivity index (χ2v) is 2.01. The number of rotatable bonds is 0. The van der Waals surface area contributed by atoms with Crippen molar-refractivity contribution in [2.75, 3.05) is 0 Å². The molecule has 0 radical (unpaired) electrons. The van der Waals surface area contributed by atoms with Gasteiger partial charge < -0.3 is 49.6 Å². The molecule has 0 aromatic rings. The van der Waals surface area contributed by atoms with Crippen molar-refractivity contribution in [3.63, 3.8) is 0 Å². The Morgan fingerprint density at radius 2 is 0.938 bits per heavy atom. The van der Waals surface area contributed by atoms with E-state index >= 15 is 0 Å². The molecule has 0 heterocycles. The van der Waals surface area contributed by atoms with E-state index in [-0.39, 0.29) is 94.4 Å². The zero-order valence-electron chi connectivity index (χ0n) is 8.28. The van der Waals surface area contributed by atoms with E-state index in [1.807, 2.05) is 24.3 Å². The molecule has 88 valence electrons. The second kappa shape index (κ2) is 30.0. The topological polar surface area (TPSA) is 0 Å². The molecule has 6 heteroatoms. The van der Waals surface area contributed by atoms with E-state index in [1.165, 1.54) is 0 Å². The van der Waals surface area contributed by atoms with Crippen LogP contribution in [0.15, 0.2) is 36.5 Å². The fraction of sp³-hybridized carbons (Fsp3) is 0.200. The molecule has 0 atom stereocenters. The Morgan fingerprint density at radius 3 is 1.00 bits per heavy atom.